The van der Waals surface area contributed by atoms with Gasteiger partial charge in [-0.15, -0.1) is 0 Å². The molecule has 11 rings (SSSR count). The molecule has 6 nitrogen and oxygen atoms in total. The molecule has 0 amide bonds. The largest absolute Gasteiger partial charge is 0.457 e. The van der Waals surface area contributed by atoms with Crippen LogP contribution >= 0.6 is 0 Å². The van der Waals surface area contributed by atoms with E-state index in [0.717, 1.165) is 83.9 Å². The molecule has 1 aliphatic heterocycles. The second kappa shape index (κ2) is 11.9. The first-order chi connectivity index (χ1) is 26.8. The van der Waals surface area contributed by atoms with Crippen molar-refractivity contribution in [1.82, 2.24) is 24.9 Å². The van der Waals surface area contributed by atoms with Crippen molar-refractivity contribution in [3.05, 3.63) is 198 Å². The zero-order valence-electron chi connectivity index (χ0n) is 28.9. The molecule has 7 aromatic carbocycles. The van der Waals surface area contributed by atoms with Crippen molar-refractivity contribution < 1.29 is 4.74 Å². The summed E-state index contributed by atoms with van der Waals surface area (Å²) < 4.78 is 6.69. The van der Waals surface area contributed by atoms with Crippen LogP contribution in [-0.2, 0) is 5.41 Å². The number of aromatic nitrogens is 5. The maximum absolute atomic E-state index is 6.69. The fraction of sp³-hybridized carbons (Fsp3) is 0.0208. The second-order valence-electron chi connectivity index (χ2n) is 13.6. The first kappa shape index (κ1) is 30.3. The fourth-order valence-corrected chi connectivity index (χ4v) is 8.42. The molecule has 0 saturated carbocycles. The third kappa shape index (κ3) is 4.43. The normalized spacial score (nSPS) is 13.1. The third-order valence-corrected chi connectivity index (χ3v) is 10.6. The van der Waals surface area contributed by atoms with E-state index < -0.39 is 5.41 Å². The Balaban J connectivity index is 1.27. The fourth-order valence-electron chi connectivity index (χ4n) is 8.42. The van der Waals surface area contributed by atoms with Gasteiger partial charge in [-0.05, 0) is 46.5 Å². The van der Waals surface area contributed by atoms with Gasteiger partial charge in [0.2, 0.25) is 0 Å². The number of para-hydroxylation sites is 4. The Morgan fingerprint density at radius 3 is 1.59 bits per heavy atom. The van der Waals surface area contributed by atoms with E-state index in [1.54, 1.807) is 0 Å². The summed E-state index contributed by atoms with van der Waals surface area (Å²) in [6.45, 7) is 0. The van der Waals surface area contributed by atoms with Crippen molar-refractivity contribution >= 4 is 11.0 Å². The molecule has 6 heteroatoms. The minimum absolute atomic E-state index is 0.597. The summed E-state index contributed by atoms with van der Waals surface area (Å²) in [5.74, 6) is 3.45. The average molecular weight is 692 g/mol. The van der Waals surface area contributed by atoms with Crippen molar-refractivity contribution in [2.75, 3.05) is 0 Å². The first-order valence-corrected chi connectivity index (χ1v) is 18.0. The molecule has 0 unspecified atom stereocenters. The van der Waals surface area contributed by atoms with Crippen LogP contribution in [0, 0.1) is 0 Å². The molecule has 1 aliphatic carbocycles. The molecule has 0 fully saturated rings. The quantitative estimate of drug-likeness (QED) is 0.183. The molecule has 0 saturated heterocycles. The summed E-state index contributed by atoms with van der Waals surface area (Å²) in [4.78, 5) is 25.6. The van der Waals surface area contributed by atoms with E-state index in [4.69, 9.17) is 29.7 Å². The summed E-state index contributed by atoms with van der Waals surface area (Å²) >= 11 is 0. The molecule has 252 valence electrons. The van der Waals surface area contributed by atoms with Gasteiger partial charge in [-0.2, -0.15) is 0 Å². The van der Waals surface area contributed by atoms with Gasteiger partial charge in [0.05, 0.1) is 28.3 Å². The highest BCUT2D eigenvalue weighted by atomic mass is 16.5. The highest BCUT2D eigenvalue weighted by Crippen LogP contribution is 2.64. The van der Waals surface area contributed by atoms with Crippen LogP contribution in [0.4, 0.5) is 0 Å². The van der Waals surface area contributed by atoms with Crippen LogP contribution in [0.5, 0.6) is 11.5 Å². The van der Waals surface area contributed by atoms with E-state index in [-0.39, 0.29) is 0 Å². The van der Waals surface area contributed by atoms with Crippen molar-refractivity contribution in [2.24, 2.45) is 0 Å². The number of benzene rings is 7. The Hall–Kier alpha value is -7.31. The van der Waals surface area contributed by atoms with Crippen molar-refractivity contribution in [2.45, 2.75) is 5.41 Å². The Morgan fingerprint density at radius 1 is 0.389 bits per heavy atom. The summed E-state index contributed by atoms with van der Waals surface area (Å²) in [6, 6.07) is 58.1. The maximum atomic E-state index is 6.69. The van der Waals surface area contributed by atoms with Gasteiger partial charge in [-0.25, -0.2) is 19.9 Å². The summed E-state index contributed by atoms with van der Waals surface area (Å²) in [5.41, 5.74) is 12.0. The highest BCUT2D eigenvalue weighted by molar-refractivity contribution is 5.99. The number of hydrogen-bond donors (Lipinski definition) is 0. The number of rotatable bonds is 4. The number of nitrogens with zero attached hydrogens (tertiary/aromatic N) is 5. The Kier molecular flexibility index (Phi) is 6.67. The van der Waals surface area contributed by atoms with Gasteiger partial charge in [-0.3, -0.25) is 4.98 Å². The van der Waals surface area contributed by atoms with Gasteiger partial charge in [0.1, 0.15) is 11.5 Å². The lowest BCUT2D eigenvalue weighted by atomic mass is 9.65. The number of ether oxygens (including phenoxy) is 1. The van der Waals surface area contributed by atoms with Gasteiger partial charge < -0.3 is 4.74 Å². The molecule has 1 spiro atoms. The van der Waals surface area contributed by atoms with Gasteiger partial charge in [0.15, 0.2) is 17.5 Å². The van der Waals surface area contributed by atoms with E-state index in [9.17, 15) is 0 Å². The molecular weight excluding hydrogens is 663 g/mol. The predicted octanol–water partition coefficient (Wildman–Crippen LogP) is 11.0. The van der Waals surface area contributed by atoms with E-state index in [1.807, 2.05) is 103 Å². The van der Waals surface area contributed by atoms with E-state index in [2.05, 4.69) is 72.8 Å². The topological polar surface area (TPSA) is 73.7 Å². The monoisotopic (exact) mass is 691 g/mol. The van der Waals surface area contributed by atoms with Crippen LogP contribution in [0.2, 0.25) is 0 Å². The predicted molar refractivity (Wildman–Crippen MR) is 212 cm³/mol. The third-order valence-electron chi connectivity index (χ3n) is 10.6. The minimum Gasteiger partial charge on any atom is -0.457 e. The van der Waals surface area contributed by atoms with Crippen molar-refractivity contribution in [1.29, 1.82) is 0 Å². The van der Waals surface area contributed by atoms with Crippen LogP contribution in [0.15, 0.2) is 176 Å². The molecule has 54 heavy (non-hydrogen) atoms. The molecule has 0 radical (unpaired) electrons. The lowest BCUT2D eigenvalue weighted by molar-refractivity contribution is 0.436. The number of fused-ring (bicyclic) bond motifs is 10. The highest BCUT2D eigenvalue weighted by Gasteiger charge is 2.53. The van der Waals surface area contributed by atoms with Crippen LogP contribution in [0.1, 0.15) is 22.3 Å². The maximum Gasteiger partial charge on any atom is 0.164 e. The van der Waals surface area contributed by atoms with E-state index in [0.29, 0.717) is 17.5 Å². The van der Waals surface area contributed by atoms with Gasteiger partial charge in [-0.1, -0.05) is 146 Å². The molecular formula is C48H29N5O. The first-order valence-electron chi connectivity index (χ1n) is 18.0. The van der Waals surface area contributed by atoms with Crippen LogP contribution in [0.25, 0.3) is 67.6 Å². The van der Waals surface area contributed by atoms with Gasteiger partial charge >= 0.3 is 0 Å². The lowest BCUT2D eigenvalue weighted by Gasteiger charge is -2.40. The van der Waals surface area contributed by atoms with Gasteiger partial charge in [0.25, 0.3) is 0 Å². The zero-order chi connectivity index (χ0) is 35.6. The summed E-state index contributed by atoms with van der Waals surface area (Å²) in [6.07, 6.45) is 1.89. The van der Waals surface area contributed by atoms with Crippen LogP contribution < -0.4 is 4.74 Å². The molecule has 2 aromatic heterocycles. The van der Waals surface area contributed by atoms with Gasteiger partial charge in [0, 0.05) is 33.4 Å². The molecule has 0 atom stereocenters. The molecule has 9 aromatic rings. The van der Waals surface area contributed by atoms with Crippen molar-refractivity contribution in [3.63, 3.8) is 0 Å². The molecule has 2 aliphatic rings. The SMILES string of the molecule is c1ccc(-c2nc(-c3ccccc3)nc(-c3cccc4c3C3(c5ccccc5Oc5ccccc53)c3cccc(-c5cnc6ccccc6n5)c3-4)n2)cc1. The van der Waals surface area contributed by atoms with E-state index >= 15 is 0 Å². The summed E-state index contributed by atoms with van der Waals surface area (Å²) in [7, 11) is 0. The summed E-state index contributed by atoms with van der Waals surface area (Å²) in [5, 5.41) is 0. The Bertz CT molecular complexity index is 2820. The lowest BCUT2D eigenvalue weighted by Crippen LogP contribution is -2.32. The standard InChI is InChI=1S/C48H29N5O/c1-3-15-30(16-4-1)45-51-46(31-17-5-2-6-18-31)53-47(52-45)34-21-13-20-33-43-32(40-29-49-38-25-9-10-26-39(38)50-40)19-14-24-37(43)48(44(33)34)35-22-7-11-27-41(35)54-42-28-12-8-23-36(42)48/h1-29H. The smallest absolute Gasteiger partial charge is 0.164 e. The second-order valence-corrected chi connectivity index (χ2v) is 13.6. The van der Waals surface area contributed by atoms with Crippen LogP contribution in [-0.4, -0.2) is 24.9 Å². The zero-order valence-corrected chi connectivity index (χ0v) is 28.9. The average Bonchev–Trinajstić information content (AvgIpc) is 3.55. The minimum atomic E-state index is -0.778. The van der Waals surface area contributed by atoms with Crippen molar-refractivity contribution in [3.8, 4) is 68.0 Å². The Labute approximate surface area is 311 Å². The Morgan fingerprint density at radius 2 is 0.907 bits per heavy atom. The van der Waals surface area contributed by atoms with Crippen LogP contribution in [0.3, 0.4) is 0 Å². The van der Waals surface area contributed by atoms with E-state index in [1.165, 1.54) is 0 Å². The number of hydrogen-bond acceptors (Lipinski definition) is 6. The molecule has 0 N–H and O–H groups in total. The molecule has 3 heterocycles. The molecule has 0 bridgehead atoms.